The van der Waals surface area contributed by atoms with Gasteiger partial charge in [0, 0.05) is 5.92 Å². The van der Waals surface area contributed by atoms with Crippen LogP contribution < -0.4 is 0 Å². The maximum Gasteiger partial charge on any atom is 0.310 e. The minimum absolute atomic E-state index is 0.0559. The molecular formula is C10H12O4. The largest absolute Gasteiger partial charge is 0.469 e. The fourth-order valence-corrected chi connectivity index (χ4v) is 2.13. The van der Waals surface area contributed by atoms with E-state index < -0.39 is 0 Å². The first-order chi connectivity index (χ1) is 6.74. The summed E-state index contributed by atoms with van der Waals surface area (Å²) in [4.78, 5) is 22.8. The minimum Gasteiger partial charge on any atom is -0.469 e. The molecular weight excluding hydrogens is 184 g/mol. The van der Waals surface area contributed by atoms with E-state index >= 15 is 0 Å². The molecule has 0 saturated carbocycles. The summed E-state index contributed by atoms with van der Waals surface area (Å²) in [6.45, 7) is 0.396. The highest BCUT2D eigenvalue weighted by Crippen LogP contribution is 2.36. The van der Waals surface area contributed by atoms with Gasteiger partial charge in [-0.2, -0.15) is 0 Å². The molecule has 1 saturated heterocycles. The number of esters is 2. The van der Waals surface area contributed by atoms with Gasteiger partial charge in [0.1, 0.15) is 0 Å². The van der Waals surface area contributed by atoms with Crippen molar-refractivity contribution in [3.05, 3.63) is 12.2 Å². The van der Waals surface area contributed by atoms with Crippen molar-refractivity contribution in [2.45, 2.75) is 6.42 Å². The van der Waals surface area contributed by atoms with Crippen molar-refractivity contribution < 1.29 is 19.1 Å². The molecule has 1 aliphatic heterocycles. The van der Waals surface area contributed by atoms with Gasteiger partial charge in [-0.25, -0.2) is 0 Å². The molecule has 0 aromatic rings. The second-order valence-electron chi connectivity index (χ2n) is 3.61. The number of hydrogen-bond acceptors (Lipinski definition) is 4. The van der Waals surface area contributed by atoms with Gasteiger partial charge in [0.25, 0.3) is 0 Å². The van der Waals surface area contributed by atoms with Crippen molar-refractivity contribution in [2.75, 3.05) is 13.7 Å². The van der Waals surface area contributed by atoms with Crippen LogP contribution in [-0.4, -0.2) is 25.7 Å². The SMILES string of the molecule is COC(=O)[C@@H]1CC=C[C@@H]2COC(=O)[C@H]21. The van der Waals surface area contributed by atoms with E-state index in [1.165, 1.54) is 7.11 Å². The number of hydrogen-bond donors (Lipinski definition) is 0. The Kier molecular flexibility index (Phi) is 2.27. The van der Waals surface area contributed by atoms with Crippen LogP contribution in [0, 0.1) is 17.8 Å². The quantitative estimate of drug-likeness (QED) is 0.453. The molecule has 0 aromatic carbocycles. The lowest BCUT2D eigenvalue weighted by Crippen LogP contribution is -2.33. The molecule has 0 N–H and O–H groups in total. The fourth-order valence-electron chi connectivity index (χ4n) is 2.13. The molecule has 2 aliphatic rings. The third-order valence-electron chi connectivity index (χ3n) is 2.86. The first-order valence-corrected chi connectivity index (χ1v) is 4.65. The summed E-state index contributed by atoms with van der Waals surface area (Å²) in [7, 11) is 1.34. The maximum absolute atomic E-state index is 11.4. The van der Waals surface area contributed by atoms with Gasteiger partial charge < -0.3 is 9.47 Å². The predicted octanol–water partition coefficient (Wildman–Crippen LogP) is 0.525. The van der Waals surface area contributed by atoms with Crippen molar-refractivity contribution in [1.82, 2.24) is 0 Å². The first kappa shape index (κ1) is 9.24. The van der Waals surface area contributed by atoms with Crippen molar-refractivity contribution in [3.8, 4) is 0 Å². The van der Waals surface area contributed by atoms with Gasteiger partial charge in [0.15, 0.2) is 0 Å². The van der Waals surface area contributed by atoms with Crippen LogP contribution in [-0.2, 0) is 19.1 Å². The Morgan fingerprint density at radius 1 is 1.64 bits per heavy atom. The van der Waals surface area contributed by atoms with Gasteiger partial charge >= 0.3 is 11.9 Å². The third-order valence-corrected chi connectivity index (χ3v) is 2.86. The van der Waals surface area contributed by atoms with Gasteiger partial charge in [0.05, 0.1) is 25.6 Å². The number of allylic oxidation sites excluding steroid dienone is 1. The van der Waals surface area contributed by atoms with Crippen molar-refractivity contribution in [3.63, 3.8) is 0 Å². The molecule has 1 aliphatic carbocycles. The van der Waals surface area contributed by atoms with E-state index in [9.17, 15) is 9.59 Å². The molecule has 0 radical (unpaired) electrons. The van der Waals surface area contributed by atoms with E-state index in [0.717, 1.165) is 0 Å². The Balaban J connectivity index is 2.22. The molecule has 4 heteroatoms. The monoisotopic (exact) mass is 196 g/mol. The number of carbonyl (C=O) groups is 2. The molecule has 1 heterocycles. The fraction of sp³-hybridized carbons (Fsp3) is 0.600. The summed E-state index contributed by atoms with van der Waals surface area (Å²) in [6.07, 6.45) is 4.45. The summed E-state index contributed by atoms with van der Waals surface area (Å²) in [6, 6.07) is 0. The molecule has 0 bridgehead atoms. The number of carbonyl (C=O) groups excluding carboxylic acids is 2. The number of rotatable bonds is 1. The van der Waals surface area contributed by atoms with E-state index in [0.29, 0.717) is 13.0 Å². The highest BCUT2D eigenvalue weighted by Gasteiger charge is 2.45. The van der Waals surface area contributed by atoms with Crippen LogP contribution in [0.25, 0.3) is 0 Å². The molecule has 76 valence electrons. The van der Waals surface area contributed by atoms with Gasteiger partial charge in [-0.3, -0.25) is 9.59 Å². The van der Waals surface area contributed by atoms with Crippen LogP contribution in [0.5, 0.6) is 0 Å². The standard InChI is InChI=1S/C10H12O4/c1-13-9(11)7-4-2-3-6-5-14-10(12)8(6)7/h2-3,6-8H,4-5H2,1H3/t6-,7-,8-/m1/s1. The van der Waals surface area contributed by atoms with Crippen molar-refractivity contribution in [2.24, 2.45) is 17.8 Å². The summed E-state index contributed by atoms with van der Waals surface area (Å²) in [5, 5.41) is 0. The lowest BCUT2D eigenvalue weighted by Gasteiger charge is -2.23. The summed E-state index contributed by atoms with van der Waals surface area (Å²) in [5.41, 5.74) is 0. The van der Waals surface area contributed by atoms with E-state index in [1.54, 1.807) is 0 Å². The average Bonchev–Trinajstić information content (AvgIpc) is 2.59. The highest BCUT2D eigenvalue weighted by molar-refractivity contribution is 5.84. The lowest BCUT2D eigenvalue weighted by molar-refractivity contribution is -0.154. The molecule has 4 nitrogen and oxygen atoms in total. The molecule has 2 rings (SSSR count). The van der Waals surface area contributed by atoms with Gasteiger partial charge in [-0.05, 0) is 6.42 Å². The topological polar surface area (TPSA) is 52.6 Å². The maximum atomic E-state index is 11.4. The van der Waals surface area contributed by atoms with Gasteiger partial charge in [-0.1, -0.05) is 12.2 Å². The Bertz CT molecular complexity index is 294. The zero-order valence-electron chi connectivity index (χ0n) is 7.93. The van der Waals surface area contributed by atoms with E-state index in [4.69, 9.17) is 4.74 Å². The Hall–Kier alpha value is -1.32. The molecule has 0 unspecified atom stereocenters. The Morgan fingerprint density at radius 3 is 3.14 bits per heavy atom. The first-order valence-electron chi connectivity index (χ1n) is 4.65. The number of fused-ring (bicyclic) bond motifs is 1. The van der Waals surface area contributed by atoms with Crippen molar-refractivity contribution in [1.29, 1.82) is 0 Å². The third kappa shape index (κ3) is 1.31. The van der Waals surface area contributed by atoms with Crippen LogP contribution in [0.15, 0.2) is 12.2 Å². The second-order valence-corrected chi connectivity index (χ2v) is 3.61. The molecule has 1 fully saturated rings. The van der Waals surface area contributed by atoms with Crippen LogP contribution in [0.3, 0.4) is 0 Å². The zero-order valence-corrected chi connectivity index (χ0v) is 7.93. The summed E-state index contributed by atoms with van der Waals surface area (Å²) < 4.78 is 9.59. The molecule has 3 atom stereocenters. The van der Waals surface area contributed by atoms with Crippen LogP contribution in [0.4, 0.5) is 0 Å². The lowest BCUT2D eigenvalue weighted by atomic mass is 9.77. The highest BCUT2D eigenvalue weighted by atomic mass is 16.5. The summed E-state index contributed by atoms with van der Waals surface area (Å²) >= 11 is 0. The molecule has 14 heavy (non-hydrogen) atoms. The Labute approximate surface area is 81.9 Å². The second kappa shape index (κ2) is 3.44. The predicted molar refractivity (Wildman–Crippen MR) is 47.2 cm³/mol. The summed E-state index contributed by atoms with van der Waals surface area (Å²) in [5.74, 6) is -1.21. The number of cyclic esters (lactones) is 1. The van der Waals surface area contributed by atoms with E-state index in [-0.39, 0.29) is 29.7 Å². The van der Waals surface area contributed by atoms with Gasteiger partial charge in [0.2, 0.25) is 0 Å². The van der Waals surface area contributed by atoms with Gasteiger partial charge in [-0.15, -0.1) is 0 Å². The zero-order chi connectivity index (χ0) is 10.1. The smallest absolute Gasteiger partial charge is 0.310 e. The molecule has 0 spiro atoms. The van der Waals surface area contributed by atoms with Crippen LogP contribution in [0.1, 0.15) is 6.42 Å². The van der Waals surface area contributed by atoms with Crippen LogP contribution in [0.2, 0.25) is 0 Å². The normalized spacial score (nSPS) is 34.9. The van der Waals surface area contributed by atoms with E-state index in [2.05, 4.69) is 4.74 Å². The Morgan fingerprint density at radius 2 is 2.43 bits per heavy atom. The number of methoxy groups -OCH3 is 1. The average molecular weight is 196 g/mol. The van der Waals surface area contributed by atoms with E-state index in [1.807, 2.05) is 12.2 Å². The minimum atomic E-state index is -0.356. The molecule has 0 aromatic heterocycles. The van der Waals surface area contributed by atoms with Crippen molar-refractivity contribution >= 4 is 11.9 Å². The van der Waals surface area contributed by atoms with Crippen LogP contribution >= 0.6 is 0 Å². The number of ether oxygens (including phenoxy) is 2. The molecule has 0 amide bonds.